The Hall–Kier alpha value is -2.13. The standard InChI is InChI=1S/C20H27N5O/c21-13-17-4-1-5-19(22-17)24-11-8-18(9-12-24)25-10-2-3-15(14-25)20(26)23-16-6-7-16/h1,4-5,15-16,18H,2-3,6-12,14H2,(H,23,26)/t15-/m0/s1. The molecule has 1 saturated carbocycles. The summed E-state index contributed by atoms with van der Waals surface area (Å²) in [6, 6.07) is 8.77. The van der Waals surface area contributed by atoms with Crippen molar-refractivity contribution >= 4 is 11.7 Å². The Morgan fingerprint density at radius 3 is 2.69 bits per heavy atom. The number of hydrogen-bond acceptors (Lipinski definition) is 5. The third-order valence-electron chi connectivity index (χ3n) is 5.90. The number of hydrogen-bond donors (Lipinski definition) is 1. The van der Waals surface area contributed by atoms with Gasteiger partial charge in [-0.25, -0.2) is 4.98 Å². The minimum absolute atomic E-state index is 0.163. The molecule has 6 nitrogen and oxygen atoms in total. The van der Waals surface area contributed by atoms with E-state index in [9.17, 15) is 4.79 Å². The van der Waals surface area contributed by atoms with E-state index in [1.165, 1.54) is 0 Å². The topological polar surface area (TPSA) is 72.3 Å². The van der Waals surface area contributed by atoms with Crippen molar-refractivity contribution in [1.82, 2.24) is 15.2 Å². The van der Waals surface area contributed by atoms with E-state index in [0.29, 0.717) is 17.8 Å². The van der Waals surface area contributed by atoms with Crippen molar-refractivity contribution in [2.75, 3.05) is 31.1 Å². The van der Waals surface area contributed by atoms with Crippen molar-refractivity contribution in [1.29, 1.82) is 5.26 Å². The highest BCUT2D eigenvalue weighted by Gasteiger charge is 2.33. The molecule has 0 aromatic carbocycles. The lowest BCUT2D eigenvalue weighted by molar-refractivity contribution is -0.127. The average molecular weight is 353 g/mol. The zero-order valence-corrected chi connectivity index (χ0v) is 15.2. The third kappa shape index (κ3) is 3.99. The van der Waals surface area contributed by atoms with E-state index >= 15 is 0 Å². The monoisotopic (exact) mass is 353 g/mol. The molecule has 0 radical (unpaired) electrons. The van der Waals surface area contributed by atoms with Crippen LogP contribution in [0.5, 0.6) is 0 Å². The Morgan fingerprint density at radius 1 is 1.15 bits per heavy atom. The molecule has 2 aliphatic heterocycles. The van der Waals surface area contributed by atoms with Crippen molar-refractivity contribution in [2.24, 2.45) is 5.92 Å². The number of amides is 1. The summed E-state index contributed by atoms with van der Waals surface area (Å²) in [6.45, 7) is 3.94. The van der Waals surface area contributed by atoms with Gasteiger partial charge in [0.2, 0.25) is 5.91 Å². The van der Waals surface area contributed by atoms with E-state index in [1.807, 2.05) is 12.1 Å². The molecule has 26 heavy (non-hydrogen) atoms. The number of rotatable bonds is 4. The predicted octanol–water partition coefficient (Wildman–Crippen LogP) is 1.91. The summed E-state index contributed by atoms with van der Waals surface area (Å²) in [4.78, 5) is 21.6. The molecule has 0 spiro atoms. The van der Waals surface area contributed by atoms with Crippen molar-refractivity contribution in [3.8, 4) is 6.07 Å². The second kappa shape index (κ2) is 7.63. The Balaban J connectivity index is 1.31. The van der Waals surface area contributed by atoms with Crippen molar-refractivity contribution in [2.45, 2.75) is 50.6 Å². The summed E-state index contributed by atoms with van der Waals surface area (Å²) in [7, 11) is 0. The SMILES string of the molecule is N#Cc1cccc(N2CCC(N3CCC[C@H](C(=O)NC4CC4)C3)CC2)n1. The first-order chi connectivity index (χ1) is 12.7. The number of pyridine rings is 1. The molecule has 1 aromatic rings. The minimum atomic E-state index is 0.163. The Labute approximate surface area is 155 Å². The maximum absolute atomic E-state index is 12.4. The molecule has 4 rings (SSSR count). The fraction of sp³-hybridized carbons (Fsp3) is 0.650. The largest absolute Gasteiger partial charge is 0.356 e. The second-order valence-corrected chi connectivity index (χ2v) is 7.83. The normalized spacial score (nSPS) is 24.9. The zero-order chi connectivity index (χ0) is 17.9. The van der Waals surface area contributed by atoms with E-state index in [0.717, 1.165) is 70.5 Å². The number of aromatic nitrogens is 1. The molecule has 1 aliphatic carbocycles. The van der Waals surface area contributed by atoms with E-state index in [4.69, 9.17) is 5.26 Å². The van der Waals surface area contributed by atoms with Gasteiger partial charge in [0.1, 0.15) is 17.6 Å². The van der Waals surface area contributed by atoms with Crippen LogP contribution < -0.4 is 10.2 Å². The van der Waals surface area contributed by atoms with Gasteiger partial charge in [-0.2, -0.15) is 5.26 Å². The van der Waals surface area contributed by atoms with Gasteiger partial charge < -0.3 is 10.2 Å². The number of carbonyl (C=O) groups is 1. The van der Waals surface area contributed by atoms with Crippen LogP contribution in [0.3, 0.4) is 0 Å². The Bertz CT molecular complexity index is 688. The number of anilines is 1. The van der Waals surface area contributed by atoms with Crippen LogP contribution in [0.25, 0.3) is 0 Å². The van der Waals surface area contributed by atoms with E-state index < -0.39 is 0 Å². The van der Waals surface area contributed by atoms with Gasteiger partial charge in [-0.1, -0.05) is 6.07 Å². The molecule has 3 fully saturated rings. The quantitative estimate of drug-likeness (QED) is 0.895. The van der Waals surface area contributed by atoms with Gasteiger partial charge in [0.15, 0.2) is 0 Å². The highest BCUT2D eigenvalue weighted by Crippen LogP contribution is 2.27. The van der Waals surface area contributed by atoms with Crippen LogP contribution in [0.2, 0.25) is 0 Å². The summed E-state index contributed by atoms with van der Waals surface area (Å²) < 4.78 is 0. The molecule has 2 saturated heterocycles. The summed E-state index contributed by atoms with van der Waals surface area (Å²) in [5, 5.41) is 12.2. The molecule has 0 bridgehead atoms. The first kappa shape index (κ1) is 17.3. The summed E-state index contributed by atoms with van der Waals surface area (Å²) >= 11 is 0. The lowest BCUT2D eigenvalue weighted by Crippen LogP contribution is -2.51. The van der Waals surface area contributed by atoms with Gasteiger partial charge in [0.25, 0.3) is 0 Å². The second-order valence-electron chi connectivity index (χ2n) is 7.83. The highest BCUT2D eigenvalue weighted by molar-refractivity contribution is 5.79. The van der Waals surface area contributed by atoms with Crippen molar-refractivity contribution in [3.63, 3.8) is 0 Å². The number of likely N-dealkylation sites (tertiary alicyclic amines) is 1. The average Bonchev–Trinajstić information content (AvgIpc) is 3.52. The summed E-state index contributed by atoms with van der Waals surface area (Å²) in [5.74, 6) is 1.34. The molecule has 1 atom stereocenters. The van der Waals surface area contributed by atoms with Crippen molar-refractivity contribution < 1.29 is 4.79 Å². The molecular formula is C20H27N5O. The van der Waals surface area contributed by atoms with Crippen LogP contribution in [0, 0.1) is 17.2 Å². The molecule has 138 valence electrons. The van der Waals surface area contributed by atoms with Crippen LogP contribution in [0.4, 0.5) is 5.82 Å². The predicted molar refractivity (Wildman–Crippen MR) is 99.6 cm³/mol. The maximum atomic E-state index is 12.4. The number of nitriles is 1. The van der Waals surface area contributed by atoms with Gasteiger partial charge in [-0.05, 0) is 57.2 Å². The van der Waals surface area contributed by atoms with Gasteiger partial charge >= 0.3 is 0 Å². The van der Waals surface area contributed by atoms with Crippen LogP contribution in [-0.2, 0) is 4.79 Å². The molecule has 1 aromatic heterocycles. The third-order valence-corrected chi connectivity index (χ3v) is 5.90. The number of piperidine rings is 2. The first-order valence-electron chi connectivity index (χ1n) is 9.89. The van der Waals surface area contributed by atoms with E-state index in [-0.39, 0.29) is 11.8 Å². The first-order valence-corrected chi connectivity index (χ1v) is 9.89. The lowest BCUT2D eigenvalue weighted by Gasteiger charge is -2.42. The molecule has 1 amide bonds. The van der Waals surface area contributed by atoms with E-state index in [1.54, 1.807) is 6.07 Å². The van der Waals surface area contributed by atoms with Gasteiger partial charge in [0, 0.05) is 31.7 Å². The number of nitrogens with zero attached hydrogens (tertiary/aromatic N) is 4. The molecule has 6 heteroatoms. The van der Waals surface area contributed by atoms with E-state index in [2.05, 4.69) is 26.2 Å². The lowest BCUT2D eigenvalue weighted by atomic mass is 9.93. The highest BCUT2D eigenvalue weighted by atomic mass is 16.2. The number of nitrogens with one attached hydrogen (secondary N) is 1. The smallest absolute Gasteiger partial charge is 0.224 e. The van der Waals surface area contributed by atoms with Crippen LogP contribution in [0.1, 0.15) is 44.2 Å². The minimum Gasteiger partial charge on any atom is -0.356 e. The molecule has 3 heterocycles. The molecule has 1 N–H and O–H groups in total. The zero-order valence-electron chi connectivity index (χ0n) is 15.2. The van der Waals surface area contributed by atoms with Crippen LogP contribution >= 0.6 is 0 Å². The fourth-order valence-corrected chi connectivity index (χ4v) is 4.22. The van der Waals surface area contributed by atoms with Gasteiger partial charge in [0.05, 0.1) is 5.92 Å². The summed E-state index contributed by atoms with van der Waals surface area (Å²) in [5.41, 5.74) is 0.477. The fourth-order valence-electron chi connectivity index (χ4n) is 4.22. The number of carbonyl (C=O) groups excluding carboxylic acids is 1. The molecule has 0 unspecified atom stereocenters. The van der Waals surface area contributed by atoms with Gasteiger partial charge in [-0.3, -0.25) is 9.69 Å². The Kier molecular flexibility index (Phi) is 5.07. The molecule has 3 aliphatic rings. The summed E-state index contributed by atoms with van der Waals surface area (Å²) in [6.07, 6.45) is 6.64. The maximum Gasteiger partial charge on any atom is 0.224 e. The van der Waals surface area contributed by atoms with Gasteiger partial charge in [-0.15, -0.1) is 0 Å². The molecular weight excluding hydrogens is 326 g/mol. The Morgan fingerprint density at radius 2 is 1.96 bits per heavy atom. The van der Waals surface area contributed by atoms with Crippen molar-refractivity contribution in [3.05, 3.63) is 23.9 Å². The van der Waals surface area contributed by atoms with Crippen LogP contribution in [0.15, 0.2) is 18.2 Å². The van der Waals surface area contributed by atoms with Crippen LogP contribution in [-0.4, -0.2) is 54.1 Å².